The van der Waals surface area contributed by atoms with Gasteiger partial charge in [0.15, 0.2) is 17.4 Å². The Balaban J connectivity index is 2.64. The van der Waals surface area contributed by atoms with Gasteiger partial charge in [-0.2, -0.15) is 0 Å². The van der Waals surface area contributed by atoms with E-state index in [9.17, 15) is 22.4 Å². The Morgan fingerprint density at radius 3 is 2.20 bits per heavy atom. The Morgan fingerprint density at radius 1 is 0.950 bits per heavy atom. The molecular weight excluding hydrogens is 340 g/mol. The lowest BCUT2D eigenvalue weighted by Crippen LogP contribution is -2.10. The normalized spacial score (nSPS) is 10.7. The Kier molecular flexibility index (Phi) is 3.94. The molecule has 0 radical (unpaired) electrons. The van der Waals surface area contributed by atoms with Gasteiger partial charge in [0.05, 0.1) is 10.0 Å². The van der Waals surface area contributed by atoms with Gasteiger partial charge in [0.1, 0.15) is 11.6 Å². The molecule has 6 heteroatoms. The maximum Gasteiger partial charge on any atom is 0.200 e. The summed E-state index contributed by atoms with van der Waals surface area (Å²) in [6.45, 7) is 1.37. The number of aryl methyl sites for hydroxylation is 1. The molecule has 0 aliphatic heterocycles. The van der Waals surface area contributed by atoms with Crippen LogP contribution >= 0.6 is 15.9 Å². The standard InChI is InChI=1S/C14H7BrF4O/c1-6-2-4-8(16)10(12(6)18)14(20)7-3-5-9(17)13(19)11(7)15/h2-5H,1H3. The van der Waals surface area contributed by atoms with Gasteiger partial charge in [-0.15, -0.1) is 0 Å². The fraction of sp³-hybridized carbons (Fsp3) is 0.0714. The molecule has 2 aromatic carbocycles. The van der Waals surface area contributed by atoms with E-state index < -0.39 is 39.1 Å². The van der Waals surface area contributed by atoms with E-state index in [1.54, 1.807) is 0 Å². The highest BCUT2D eigenvalue weighted by Crippen LogP contribution is 2.27. The molecule has 0 N–H and O–H groups in total. The summed E-state index contributed by atoms with van der Waals surface area (Å²) in [5, 5.41) is 0. The van der Waals surface area contributed by atoms with Crippen LogP contribution < -0.4 is 0 Å². The fourth-order valence-corrected chi connectivity index (χ4v) is 2.20. The Bertz CT molecular complexity index is 713. The van der Waals surface area contributed by atoms with Crippen molar-refractivity contribution in [2.75, 3.05) is 0 Å². The fourth-order valence-electron chi connectivity index (χ4n) is 1.70. The van der Waals surface area contributed by atoms with Gasteiger partial charge in [-0.25, -0.2) is 17.6 Å². The molecule has 0 fully saturated rings. The van der Waals surface area contributed by atoms with Crippen LogP contribution in [0, 0.1) is 30.2 Å². The molecule has 0 saturated heterocycles. The second-order valence-electron chi connectivity index (χ2n) is 4.11. The monoisotopic (exact) mass is 346 g/mol. The van der Waals surface area contributed by atoms with Crippen molar-refractivity contribution >= 4 is 21.7 Å². The van der Waals surface area contributed by atoms with Gasteiger partial charge in [-0.1, -0.05) is 6.07 Å². The molecular formula is C14H7BrF4O. The lowest BCUT2D eigenvalue weighted by atomic mass is 10.00. The van der Waals surface area contributed by atoms with Gasteiger partial charge >= 0.3 is 0 Å². The highest BCUT2D eigenvalue weighted by molar-refractivity contribution is 9.10. The van der Waals surface area contributed by atoms with Gasteiger partial charge in [-0.3, -0.25) is 4.79 Å². The summed E-state index contributed by atoms with van der Waals surface area (Å²) in [6.07, 6.45) is 0. The van der Waals surface area contributed by atoms with Gasteiger partial charge in [-0.05, 0) is 46.6 Å². The van der Waals surface area contributed by atoms with Gasteiger partial charge in [0.2, 0.25) is 0 Å². The molecule has 0 bridgehead atoms. The molecule has 20 heavy (non-hydrogen) atoms. The maximum absolute atomic E-state index is 13.9. The average Bonchev–Trinajstić information content (AvgIpc) is 2.41. The molecule has 0 saturated carbocycles. The van der Waals surface area contributed by atoms with Crippen LogP contribution in [0.1, 0.15) is 21.5 Å². The first kappa shape index (κ1) is 14.7. The topological polar surface area (TPSA) is 17.1 Å². The third kappa shape index (κ3) is 2.35. The second kappa shape index (κ2) is 5.36. The predicted octanol–water partition coefficient (Wildman–Crippen LogP) is 4.54. The van der Waals surface area contributed by atoms with Crippen molar-refractivity contribution in [1.82, 2.24) is 0 Å². The summed E-state index contributed by atoms with van der Waals surface area (Å²) in [5.41, 5.74) is -1.07. The van der Waals surface area contributed by atoms with Crippen molar-refractivity contribution in [1.29, 1.82) is 0 Å². The molecule has 0 aliphatic rings. The summed E-state index contributed by atoms with van der Waals surface area (Å²) in [6, 6.07) is 3.81. The number of carbonyl (C=O) groups excluding carboxylic acids is 1. The van der Waals surface area contributed by atoms with Gasteiger partial charge in [0, 0.05) is 5.56 Å². The number of carbonyl (C=O) groups is 1. The van der Waals surface area contributed by atoms with Crippen LogP contribution in [-0.2, 0) is 0 Å². The summed E-state index contributed by atoms with van der Waals surface area (Å²) in [7, 11) is 0. The predicted molar refractivity (Wildman–Crippen MR) is 68.6 cm³/mol. The Hall–Kier alpha value is -1.69. The van der Waals surface area contributed by atoms with E-state index in [0.29, 0.717) is 0 Å². The molecule has 0 aromatic heterocycles. The zero-order valence-electron chi connectivity index (χ0n) is 10.1. The average molecular weight is 347 g/mol. The summed E-state index contributed by atoms with van der Waals surface area (Å²) < 4.78 is 53.4. The molecule has 2 aromatic rings. The minimum Gasteiger partial charge on any atom is -0.288 e. The minimum absolute atomic E-state index is 0.0773. The molecule has 0 atom stereocenters. The number of ketones is 1. The third-order valence-corrected chi connectivity index (χ3v) is 3.57. The summed E-state index contributed by atoms with van der Waals surface area (Å²) >= 11 is 2.72. The third-order valence-electron chi connectivity index (χ3n) is 2.79. The van der Waals surface area contributed by atoms with Crippen LogP contribution in [0.25, 0.3) is 0 Å². The quantitative estimate of drug-likeness (QED) is 0.443. The van der Waals surface area contributed by atoms with Crippen molar-refractivity contribution in [2.45, 2.75) is 6.92 Å². The van der Waals surface area contributed by atoms with Crippen molar-refractivity contribution in [3.63, 3.8) is 0 Å². The molecule has 0 spiro atoms. The van der Waals surface area contributed by atoms with Crippen molar-refractivity contribution in [3.05, 3.63) is 68.7 Å². The Morgan fingerprint density at radius 2 is 1.55 bits per heavy atom. The van der Waals surface area contributed by atoms with E-state index in [-0.39, 0.29) is 11.1 Å². The molecule has 0 heterocycles. The van der Waals surface area contributed by atoms with E-state index in [2.05, 4.69) is 15.9 Å². The summed E-state index contributed by atoms with van der Waals surface area (Å²) in [5.74, 6) is -5.60. The van der Waals surface area contributed by atoms with Crippen LogP contribution in [0.5, 0.6) is 0 Å². The zero-order chi connectivity index (χ0) is 15.0. The van der Waals surface area contributed by atoms with E-state index >= 15 is 0 Å². The number of hydrogen-bond acceptors (Lipinski definition) is 1. The number of hydrogen-bond donors (Lipinski definition) is 0. The van der Waals surface area contributed by atoms with Crippen molar-refractivity contribution in [3.8, 4) is 0 Å². The number of benzene rings is 2. The first-order chi connectivity index (χ1) is 9.34. The highest BCUT2D eigenvalue weighted by atomic mass is 79.9. The molecule has 104 valence electrons. The van der Waals surface area contributed by atoms with E-state index in [4.69, 9.17) is 0 Å². The van der Waals surface area contributed by atoms with Crippen LogP contribution in [0.4, 0.5) is 17.6 Å². The molecule has 1 nitrogen and oxygen atoms in total. The highest BCUT2D eigenvalue weighted by Gasteiger charge is 2.24. The lowest BCUT2D eigenvalue weighted by Gasteiger charge is -2.08. The molecule has 0 amide bonds. The van der Waals surface area contributed by atoms with Crippen LogP contribution in [-0.4, -0.2) is 5.78 Å². The molecule has 0 unspecified atom stereocenters. The number of halogens is 5. The first-order valence-corrected chi connectivity index (χ1v) is 6.26. The zero-order valence-corrected chi connectivity index (χ0v) is 11.7. The smallest absolute Gasteiger partial charge is 0.200 e. The van der Waals surface area contributed by atoms with Crippen molar-refractivity contribution in [2.24, 2.45) is 0 Å². The van der Waals surface area contributed by atoms with Gasteiger partial charge < -0.3 is 0 Å². The molecule has 2 rings (SSSR count). The van der Waals surface area contributed by atoms with E-state index in [1.807, 2.05) is 0 Å². The lowest BCUT2D eigenvalue weighted by molar-refractivity contribution is 0.102. The van der Waals surface area contributed by atoms with Crippen LogP contribution in [0.2, 0.25) is 0 Å². The summed E-state index contributed by atoms with van der Waals surface area (Å²) in [4.78, 5) is 12.1. The van der Waals surface area contributed by atoms with Crippen LogP contribution in [0.15, 0.2) is 28.7 Å². The molecule has 0 aliphatic carbocycles. The van der Waals surface area contributed by atoms with Crippen LogP contribution in [0.3, 0.4) is 0 Å². The second-order valence-corrected chi connectivity index (χ2v) is 4.90. The number of rotatable bonds is 2. The van der Waals surface area contributed by atoms with E-state index in [0.717, 1.165) is 18.2 Å². The maximum atomic E-state index is 13.9. The first-order valence-electron chi connectivity index (χ1n) is 5.47. The van der Waals surface area contributed by atoms with Crippen molar-refractivity contribution < 1.29 is 22.4 Å². The Labute approximate surface area is 120 Å². The minimum atomic E-state index is -1.29. The van der Waals surface area contributed by atoms with Gasteiger partial charge in [0.25, 0.3) is 0 Å². The van der Waals surface area contributed by atoms with E-state index in [1.165, 1.54) is 13.0 Å². The SMILES string of the molecule is Cc1ccc(F)c(C(=O)c2ccc(F)c(F)c2Br)c1F. The largest absolute Gasteiger partial charge is 0.288 e.